The van der Waals surface area contributed by atoms with E-state index in [9.17, 15) is 14.0 Å². The van der Waals surface area contributed by atoms with E-state index in [0.717, 1.165) is 10.5 Å². The number of carbonyl (C=O) groups excluding carboxylic acids is 1. The highest BCUT2D eigenvalue weighted by Crippen LogP contribution is 2.25. The third-order valence-electron chi connectivity index (χ3n) is 4.59. The maximum atomic E-state index is 14.3. The Morgan fingerprint density at radius 2 is 1.94 bits per heavy atom. The van der Waals surface area contributed by atoms with Crippen LogP contribution in [0.2, 0.25) is 5.02 Å². The van der Waals surface area contributed by atoms with E-state index in [-0.39, 0.29) is 25.3 Å². The Kier molecular flexibility index (Phi) is 7.89. The van der Waals surface area contributed by atoms with E-state index in [4.69, 9.17) is 30.6 Å². The van der Waals surface area contributed by atoms with Gasteiger partial charge < -0.3 is 19.0 Å². The first-order valence-electron chi connectivity index (χ1n) is 10.0. The van der Waals surface area contributed by atoms with E-state index in [1.807, 2.05) is 0 Å². The van der Waals surface area contributed by atoms with Gasteiger partial charge in [0.1, 0.15) is 36.2 Å². The summed E-state index contributed by atoms with van der Waals surface area (Å²) in [7, 11) is 0. The van der Waals surface area contributed by atoms with Gasteiger partial charge >= 0.3 is 12.1 Å². The van der Waals surface area contributed by atoms with Gasteiger partial charge in [0.25, 0.3) is 0 Å². The highest BCUT2D eigenvalue weighted by atomic mass is 35.5. The van der Waals surface area contributed by atoms with Crippen LogP contribution in [0, 0.1) is 12.7 Å². The molecule has 1 aromatic heterocycles. The van der Waals surface area contributed by atoms with Gasteiger partial charge in [-0.3, -0.25) is 9.69 Å². The van der Waals surface area contributed by atoms with Crippen molar-refractivity contribution in [1.82, 2.24) is 9.88 Å². The van der Waals surface area contributed by atoms with E-state index in [1.165, 1.54) is 18.2 Å². The smallest absolute Gasteiger partial charge is 0.410 e. The quantitative estimate of drug-likeness (QED) is 0.460. The minimum atomic E-state index is -1.24. The fourth-order valence-electron chi connectivity index (χ4n) is 2.96. The van der Waals surface area contributed by atoms with E-state index in [2.05, 4.69) is 4.98 Å². The molecule has 0 saturated carbocycles. The zero-order valence-electron chi connectivity index (χ0n) is 18.0. The molecule has 0 radical (unpaired) electrons. The molecule has 33 heavy (non-hydrogen) atoms. The van der Waals surface area contributed by atoms with Crippen LogP contribution in [-0.2, 0) is 22.7 Å². The van der Waals surface area contributed by atoms with Crippen molar-refractivity contribution in [3.63, 3.8) is 0 Å². The number of ether oxygens (including phenoxy) is 2. The van der Waals surface area contributed by atoms with Gasteiger partial charge in [0.15, 0.2) is 0 Å². The molecule has 0 atom stereocenters. The fraction of sp³-hybridized carbons (Fsp3) is 0.261. The highest BCUT2D eigenvalue weighted by molar-refractivity contribution is 6.30. The number of aryl methyl sites for hydroxylation is 1. The van der Waals surface area contributed by atoms with Crippen LogP contribution in [0.4, 0.5) is 9.18 Å². The molecule has 0 unspecified atom stereocenters. The van der Waals surface area contributed by atoms with Crippen LogP contribution in [0.3, 0.4) is 0 Å². The van der Waals surface area contributed by atoms with Gasteiger partial charge in [-0.25, -0.2) is 14.2 Å². The summed E-state index contributed by atoms with van der Waals surface area (Å²) in [4.78, 5) is 28.5. The number of carboxylic acids is 1. The monoisotopic (exact) mass is 476 g/mol. The van der Waals surface area contributed by atoms with Gasteiger partial charge in [0.2, 0.25) is 5.89 Å². The number of carboxylic acid groups (broad SMARTS) is 1. The summed E-state index contributed by atoms with van der Waals surface area (Å²) in [6.45, 7) is 2.55. The molecule has 1 N–H and O–H groups in total. The van der Waals surface area contributed by atoms with Crippen molar-refractivity contribution in [2.75, 3.05) is 13.2 Å². The van der Waals surface area contributed by atoms with Crippen LogP contribution in [0.25, 0.3) is 11.5 Å². The molecule has 3 aromatic rings. The molecule has 0 fully saturated rings. The number of aromatic nitrogens is 1. The van der Waals surface area contributed by atoms with Gasteiger partial charge in [0.05, 0.1) is 13.2 Å². The van der Waals surface area contributed by atoms with Gasteiger partial charge in [-0.2, -0.15) is 0 Å². The topological polar surface area (TPSA) is 102 Å². The van der Waals surface area contributed by atoms with Crippen LogP contribution >= 0.6 is 11.6 Å². The Morgan fingerprint density at radius 3 is 2.61 bits per heavy atom. The SMILES string of the molecule is CCOC(=O)N(CC(=O)O)Cc1cc(OCc2nc(-c3ccc(Cl)cc3)oc2C)ccc1F. The van der Waals surface area contributed by atoms with Crippen LogP contribution < -0.4 is 4.74 Å². The fourth-order valence-corrected chi connectivity index (χ4v) is 3.09. The first-order chi connectivity index (χ1) is 15.8. The number of nitrogens with zero attached hydrogens (tertiary/aromatic N) is 2. The first-order valence-corrected chi connectivity index (χ1v) is 10.4. The molecule has 10 heteroatoms. The number of hydrogen-bond donors (Lipinski definition) is 1. The molecule has 0 aliphatic heterocycles. The van der Waals surface area contributed by atoms with Crippen LogP contribution in [0.1, 0.15) is 23.9 Å². The Balaban J connectivity index is 1.72. The average Bonchev–Trinajstić information content (AvgIpc) is 3.14. The van der Waals surface area contributed by atoms with Gasteiger partial charge in [-0.1, -0.05) is 11.6 Å². The molecule has 0 bridgehead atoms. The summed E-state index contributed by atoms with van der Waals surface area (Å²) >= 11 is 5.91. The molecule has 0 aliphatic carbocycles. The second kappa shape index (κ2) is 10.8. The Bertz CT molecular complexity index is 1130. The molecular formula is C23H22ClFN2O6. The summed E-state index contributed by atoms with van der Waals surface area (Å²) < 4.78 is 30.6. The van der Waals surface area contributed by atoms with Gasteiger partial charge in [-0.05, 0) is 56.3 Å². The molecule has 3 rings (SSSR count). The van der Waals surface area contributed by atoms with Crippen molar-refractivity contribution < 1.29 is 33.0 Å². The molecule has 0 spiro atoms. The van der Waals surface area contributed by atoms with Crippen LogP contribution in [0.5, 0.6) is 5.75 Å². The molecule has 2 aromatic carbocycles. The summed E-state index contributed by atoms with van der Waals surface area (Å²) in [6, 6.07) is 11.1. The number of oxazole rings is 1. The summed E-state index contributed by atoms with van der Waals surface area (Å²) in [5.41, 5.74) is 1.40. The van der Waals surface area contributed by atoms with Crippen molar-refractivity contribution in [3.05, 3.63) is 70.3 Å². The second-order valence-corrected chi connectivity index (χ2v) is 7.46. The van der Waals surface area contributed by atoms with Crippen LogP contribution in [0.15, 0.2) is 46.9 Å². The molecule has 8 nitrogen and oxygen atoms in total. The molecule has 0 saturated heterocycles. The number of hydrogen-bond acceptors (Lipinski definition) is 6. The minimum Gasteiger partial charge on any atom is -0.487 e. The maximum absolute atomic E-state index is 14.3. The summed E-state index contributed by atoms with van der Waals surface area (Å²) in [5, 5.41) is 9.65. The normalized spacial score (nSPS) is 10.7. The standard InChI is InChI=1S/C23H22ClFN2O6/c1-3-31-23(30)27(12-21(28)29)11-16-10-18(8-9-19(16)25)32-13-20-14(2)33-22(26-20)15-4-6-17(24)7-5-15/h4-10H,3,11-13H2,1-2H3,(H,28,29). The van der Waals surface area contributed by atoms with E-state index in [1.54, 1.807) is 38.1 Å². The molecular weight excluding hydrogens is 455 g/mol. The highest BCUT2D eigenvalue weighted by Gasteiger charge is 2.20. The molecule has 1 heterocycles. The third kappa shape index (κ3) is 6.45. The largest absolute Gasteiger partial charge is 0.487 e. The van der Waals surface area contributed by atoms with Crippen molar-refractivity contribution >= 4 is 23.7 Å². The number of halogens is 2. The zero-order chi connectivity index (χ0) is 24.0. The van der Waals surface area contributed by atoms with Crippen molar-refractivity contribution in [2.24, 2.45) is 0 Å². The lowest BCUT2D eigenvalue weighted by atomic mass is 10.2. The second-order valence-electron chi connectivity index (χ2n) is 7.02. The van der Waals surface area contributed by atoms with Crippen molar-refractivity contribution in [1.29, 1.82) is 0 Å². The average molecular weight is 477 g/mol. The van der Waals surface area contributed by atoms with E-state index >= 15 is 0 Å². The number of amides is 1. The Morgan fingerprint density at radius 1 is 1.21 bits per heavy atom. The lowest BCUT2D eigenvalue weighted by Gasteiger charge is -2.20. The summed E-state index contributed by atoms with van der Waals surface area (Å²) in [5.74, 6) is -0.543. The third-order valence-corrected chi connectivity index (χ3v) is 4.84. The number of rotatable bonds is 9. The summed E-state index contributed by atoms with van der Waals surface area (Å²) in [6.07, 6.45) is -0.849. The molecule has 0 aliphatic rings. The number of aliphatic carboxylic acids is 1. The van der Waals surface area contributed by atoms with Gasteiger partial charge in [-0.15, -0.1) is 0 Å². The lowest BCUT2D eigenvalue weighted by Crippen LogP contribution is -2.35. The lowest BCUT2D eigenvalue weighted by molar-refractivity contribution is -0.138. The maximum Gasteiger partial charge on any atom is 0.410 e. The van der Waals surface area contributed by atoms with Crippen LogP contribution in [-0.4, -0.2) is 40.2 Å². The minimum absolute atomic E-state index is 0.0602. The first kappa shape index (κ1) is 24.1. The molecule has 1 amide bonds. The van der Waals surface area contributed by atoms with Crippen molar-refractivity contribution in [2.45, 2.75) is 27.0 Å². The zero-order valence-corrected chi connectivity index (χ0v) is 18.8. The Hall–Kier alpha value is -3.59. The van der Waals surface area contributed by atoms with Crippen molar-refractivity contribution in [3.8, 4) is 17.2 Å². The predicted octanol–water partition coefficient (Wildman–Crippen LogP) is 5.06. The van der Waals surface area contributed by atoms with E-state index < -0.39 is 24.4 Å². The predicted molar refractivity (Wildman–Crippen MR) is 117 cm³/mol. The Labute approximate surface area is 194 Å². The number of benzene rings is 2. The number of carbonyl (C=O) groups is 2. The van der Waals surface area contributed by atoms with E-state index in [0.29, 0.717) is 28.1 Å². The molecule has 174 valence electrons. The van der Waals surface area contributed by atoms with Gasteiger partial charge in [0, 0.05) is 16.1 Å².